The van der Waals surface area contributed by atoms with E-state index in [0.29, 0.717) is 13.0 Å². The fourth-order valence-electron chi connectivity index (χ4n) is 3.05. The number of halogens is 2. The van der Waals surface area contributed by atoms with Crippen LogP contribution in [0.5, 0.6) is 0 Å². The number of hydrogen-bond donors (Lipinski definition) is 2. The van der Waals surface area contributed by atoms with Crippen LogP contribution in [-0.2, 0) is 4.79 Å². The Kier molecular flexibility index (Phi) is 13.8. The number of carbonyl (C=O) groups excluding carboxylic acids is 1. The first-order valence-electron chi connectivity index (χ1n) is 7.85. The molecule has 0 unspecified atom stereocenters. The molecule has 0 aromatic heterocycles. The van der Waals surface area contributed by atoms with Crippen LogP contribution >= 0.6 is 24.8 Å². The topological polar surface area (TPSA) is 58.4 Å². The Balaban J connectivity index is 0. The van der Waals surface area contributed by atoms with Gasteiger partial charge in [0, 0.05) is 19.5 Å². The Morgan fingerprint density at radius 1 is 1.14 bits per heavy atom. The molecule has 0 heterocycles. The number of amides is 1. The van der Waals surface area contributed by atoms with Gasteiger partial charge in [0.2, 0.25) is 5.91 Å². The minimum absolute atomic E-state index is 0. The minimum Gasteiger partial charge on any atom is -0.355 e. The van der Waals surface area contributed by atoms with Gasteiger partial charge in [0.15, 0.2) is 0 Å². The Morgan fingerprint density at radius 2 is 1.71 bits per heavy atom. The van der Waals surface area contributed by atoms with Gasteiger partial charge in [-0.25, -0.2) is 0 Å². The highest BCUT2D eigenvalue weighted by Crippen LogP contribution is 2.38. The molecule has 21 heavy (non-hydrogen) atoms. The highest BCUT2D eigenvalue weighted by atomic mass is 35.5. The molecule has 1 amide bonds. The summed E-state index contributed by atoms with van der Waals surface area (Å²) in [5.74, 6) is 0.180. The maximum atomic E-state index is 12.0. The van der Waals surface area contributed by atoms with Gasteiger partial charge in [-0.1, -0.05) is 33.1 Å². The van der Waals surface area contributed by atoms with Crippen molar-refractivity contribution in [3.63, 3.8) is 0 Å². The number of rotatable bonds is 8. The smallest absolute Gasteiger partial charge is 0.220 e. The maximum absolute atomic E-state index is 12.0. The molecule has 0 spiro atoms. The van der Waals surface area contributed by atoms with E-state index in [9.17, 15) is 4.79 Å². The summed E-state index contributed by atoms with van der Waals surface area (Å²) < 4.78 is 0. The van der Waals surface area contributed by atoms with E-state index in [0.717, 1.165) is 39.0 Å². The highest BCUT2D eigenvalue weighted by Gasteiger charge is 2.32. The van der Waals surface area contributed by atoms with Crippen molar-refractivity contribution in [3.05, 3.63) is 0 Å². The molecule has 0 radical (unpaired) electrons. The maximum Gasteiger partial charge on any atom is 0.220 e. The van der Waals surface area contributed by atoms with E-state index < -0.39 is 0 Å². The third kappa shape index (κ3) is 8.24. The van der Waals surface area contributed by atoms with Crippen LogP contribution in [0.25, 0.3) is 0 Å². The van der Waals surface area contributed by atoms with E-state index in [1.54, 1.807) is 0 Å². The van der Waals surface area contributed by atoms with E-state index in [2.05, 4.69) is 24.1 Å². The van der Waals surface area contributed by atoms with Crippen molar-refractivity contribution in [1.29, 1.82) is 0 Å². The summed E-state index contributed by atoms with van der Waals surface area (Å²) in [5.41, 5.74) is 6.00. The summed E-state index contributed by atoms with van der Waals surface area (Å²) in [6.45, 7) is 8.72. The van der Waals surface area contributed by atoms with Crippen molar-refractivity contribution < 1.29 is 4.79 Å². The number of nitrogens with two attached hydrogens (primary N) is 1. The summed E-state index contributed by atoms with van der Waals surface area (Å²) in [7, 11) is 0. The second kappa shape index (κ2) is 12.5. The second-order valence-corrected chi connectivity index (χ2v) is 5.82. The van der Waals surface area contributed by atoms with Gasteiger partial charge >= 0.3 is 0 Å². The molecule has 1 saturated carbocycles. The predicted molar refractivity (Wildman–Crippen MR) is 94.5 cm³/mol. The predicted octanol–water partition coefficient (Wildman–Crippen LogP) is 2.59. The average Bonchev–Trinajstić information content (AvgIpc) is 2.44. The fourth-order valence-corrected chi connectivity index (χ4v) is 3.05. The molecule has 0 aromatic carbocycles. The Labute approximate surface area is 142 Å². The fraction of sp³-hybridized carbons (Fsp3) is 0.933. The molecular weight excluding hydrogens is 309 g/mol. The van der Waals surface area contributed by atoms with Crippen LogP contribution in [0.4, 0.5) is 0 Å². The largest absolute Gasteiger partial charge is 0.355 e. The molecule has 128 valence electrons. The van der Waals surface area contributed by atoms with E-state index in [1.807, 2.05) is 0 Å². The number of likely N-dealkylation sites (N-methyl/N-ethyl adjacent to an activating group) is 1. The van der Waals surface area contributed by atoms with Gasteiger partial charge in [-0.3, -0.25) is 4.79 Å². The first-order valence-corrected chi connectivity index (χ1v) is 7.85. The van der Waals surface area contributed by atoms with Crippen LogP contribution in [0.2, 0.25) is 0 Å². The van der Waals surface area contributed by atoms with Gasteiger partial charge in [0.05, 0.1) is 0 Å². The van der Waals surface area contributed by atoms with E-state index in [-0.39, 0.29) is 36.1 Å². The van der Waals surface area contributed by atoms with Crippen molar-refractivity contribution >= 4 is 30.7 Å². The van der Waals surface area contributed by atoms with Gasteiger partial charge < -0.3 is 16.0 Å². The first kappa shape index (κ1) is 23.2. The third-order valence-corrected chi connectivity index (χ3v) is 4.53. The summed E-state index contributed by atoms with van der Waals surface area (Å²) in [6, 6.07) is 0. The normalized spacial score (nSPS) is 16.8. The number of carbonyl (C=O) groups is 1. The zero-order valence-corrected chi connectivity index (χ0v) is 15.2. The molecule has 4 nitrogen and oxygen atoms in total. The standard InChI is InChI=1S/C15H31N3O.2ClH/c1-3-18(4-2)11-10-17-14(19)12-15(13-16)8-6-5-7-9-15;;/h3-13,16H2,1-2H3,(H,17,19);2*1H. The van der Waals surface area contributed by atoms with Crippen LogP contribution in [0, 0.1) is 5.41 Å². The molecule has 0 aliphatic heterocycles. The van der Waals surface area contributed by atoms with E-state index in [1.165, 1.54) is 19.3 Å². The molecule has 0 aromatic rings. The van der Waals surface area contributed by atoms with E-state index in [4.69, 9.17) is 5.73 Å². The molecular formula is C15H33Cl2N3O. The van der Waals surface area contributed by atoms with Gasteiger partial charge in [0.25, 0.3) is 0 Å². The lowest BCUT2D eigenvalue weighted by atomic mass is 9.71. The Hall–Kier alpha value is -0.0300. The van der Waals surface area contributed by atoms with Gasteiger partial charge in [-0.05, 0) is 37.9 Å². The zero-order chi connectivity index (χ0) is 14.1. The van der Waals surface area contributed by atoms with Crippen LogP contribution in [0.15, 0.2) is 0 Å². The number of nitrogens with one attached hydrogen (secondary N) is 1. The van der Waals surface area contributed by atoms with Gasteiger partial charge in [0.1, 0.15) is 0 Å². The van der Waals surface area contributed by atoms with Gasteiger partial charge in [-0.2, -0.15) is 0 Å². The molecule has 1 aliphatic rings. The zero-order valence-electron chi connectivity index (χ0n) is 13.5. The monoisotopic (exact) mass is 341 g/mol. The molecule has 1 aliphatic carbocycles. The molecule has 6 heteroatoms. The SMILES string of the molecule is CCN(CC)CCNC(=O)CC1(CN)CCCCC1.Cl.Cl. The van der Waals surface area contributed by atoms with Crippen molar-refractivity contribution in [2.75, 3.05) is 32.7 Å². The lowest BCUT2D eigenvalue weighted by Gasteiger charge is -2.35. The summed E-state index contributed by atoms with van der Waals surface area (Å²) in [6.07, 6.45) is 6.60. The minimum atomic E-state index is 0. The number of hydrogen-bond acceptors (Lipinski definition) is 3. The lowest BCUT2D eigenvalue weighted by Crippen LogP contribution is -2.40. The second-order valence-electron chi connectivity index (χ2n) is 5.82. The molecule has 0 bridgehead atoms. The van der Waals surface area contributed by atoms with Crippen LogP contribution < -0.4 is 11.1 Å². The third-order valence-electron chi connectivity index (χ3n) is 4.53. The quantitative estimate of drug-likeness (QED) is 0.713. The van der Waals surface area contributed by atoms with Crippen molar-refractivity contribution in [2.24, 2.45) is 11.1 Å². The van der Waals surface area contributed by atoms with Crippen molar-refractivity contribution in [2.45, 2.75) is 52.4 Å². The first-order chi connectivity index (χ1) is 9.15. The van der Waals surface area contributed by atoms with Crippen molar-refractivity contribution in [3.8, 4) is 0 Å². The van der Waals surface area contributed by atoms with Crippen LogP contribution in [-0.4, -0.2) is 43.5 Å². The van der Waals surface area contributed by atoms with Gasteiger partial charge in [-0.15, -0.1) is 24.8 Å². The number of nitrogens with zero attached hydrogens (tertiary/aromatic N) is 1. The van der Waals surface area contributed by atoms with Crippen LogP contribution in [0.3, 0.4) is 0 Å². The summed E-state index contributed by atoms with van der Waals surface area (Å²) >= 11 is 0. The Bertz CT molecular complexity index is 268. The lowest BCUT2D eigenvalue weighted by molar-refractivity contribution is -0.123. The van der Waals surface area contributed by atoms with E-state index >= 15 is 0 Å². The Morgan fingerprint density at radius 3 is 2.19 bits per heavy atom. The van der Waals surface area contributed by atoms with Crippen LogP contribution in [0.1, 0.15) is 52.4 Å². The highest BCUT2D eigenvalue weighted by molar-refractivity contribution is 5.85. The molecule has 1 rings (SSSR count). The summed E-state index contributed by atoms with van der Waals surface area (Å²) in [4.78, 5) is 14.4. The molecule has 1 fully saturated rings. The molecule has 0 atom stereocenters. The van der Waals surface area contributed by atoms with Crippen molar-refractivity contribution in [1.82, 2.24) is 10.2 Å². The molecule has 3 N–H and O–H groups in total. The summed E-state index contributed by atoms with van der Waals surface area (Å²) in [5, 5.41) is 3.05. The average molecular weight is 342 g/mol. The molecule has 0 saturated heterocycles.